The predicted molar refractivity (Wildman–Crippen MR) is 75.8 cm³/mol. The molecule has 0 aliphatic rings. The van der Waals surface area contributed by atoms with Gasteiger partial charge in [-0.3, -0.25) is 4.79 Å². The maximum absolute atomic E-state index is 13.1. The van der Waals surface area contributed by atoms with E-state index in [1.807, 2.05) is 5.38 Å². The molecule has 1 amide bonds. The quantitative estimate of drug-likeness (QED) is 0.749. The Hall–Kier alpha value is -2.61. The Morgan fingerprint density at radius 2 is 2.24 bits per heavy atom. The number of thiazole rings is 1. The van der Waals surface area contributed by atoms with Gasteiger partial charge in [0.25, 0.3) is 0 Å². The average Bonchev–Trinajstić information content (AvgIpc) is 3.10. The first kappa shape index (κ1) is 13.4. The molecule has 21 heavy (non-hydrogen) atoms. The summed E-state index contributed by atoms with van der Waals surface area (Å²) in [6.07, 6.45) is 4.84. The van der Waals surface area contributed by atoms with Crippen molar-refractivity contribution in [1.29, 1.82) is 0 Å². The number of nitrogens with zero attached hydrogens (tertiary/aromatic N) is 4. The number of carbonyl (C=O) groups excluding carboxylic acids is 1. The first-order valence-electron chi connectivity index (χ1n) is 6.06. The highest BCUT2D eigenvalue weighted by atomic mass is 32.1. The number of aromatic nitrogens is 4. The molecule has 0 unspecified atom stereocenters. The number of anilines is 1. The first-order valence-corrected chi connectivity index (χ1v) is 6.94. The summed E-state index contributed by atoms with van der Waals surface area (Å²) >= 11 is 1.42. The molecule has 8 heteroatoms. The summed E-state index contributed by atoms with van der Waals surface area (Å²) in [7, 11) is 0. The van der Waals surface area contributed by atoms with Crippen LogP contribution in [0.2, 0.25) is 0 Å². The number of hydrogen-bond acceptors (Lipinski definition) is 5. The van der Waals surface area contributed by atoms with E-state index in [2.05, 4.69) is 20.4 Å². The van der Waals surface area contributed by atoms with Gasteiger partial charge >= 0.3 is 0 Å². The van der Waals surface area contributed by atoms with Crippen molar-refractivity contribution >= 4 is 23.1 Å². The lowest BCUT2D eigenvalue weighted by atomic mass is 10.4. The average molecular weight is 303 g/mol. The largest absolute Gasteiger partial charge is 0.309 e. The highest BCUT2D eigenvalue weighted by Crippen LogP contribution is 2.11. The first-order chi connectivity index (χ1) is 10.2. The molecular formula is C13H10FN5OS. The molecule has 0 aliphatic carbocycles. The third-order valence-electron chi connectivity index (χ3n) is 2.63. The second-order valence-electron chi connectivity index (χ2n) is 4.13. The van der Waals surface area contributed by atoms with Crippen LogP contribution in [0.3, 0.4) is 0 Å². The van der Waals surface area contributed by atoms with E-state index in [0.29, 0.717) is 11.5 Å². The monoisotopic (exact) mass is 303 g/mol. The van der Waals surface area contributed by atoms with Crippen LogP contribution in [0, 0.1) is 5.95 Å². The van der Waals surface area contributed by atoms with Crippen LogP contribution in [-0.2, 0) is 11.2 Å². The molecule has 106 valence electrons. The van der Waals surface area contributed by atoms with E-state index in [0.717, 1.165) is 5.01 Å². The van der Waals surface area contributed by atoms with E-state index in [-0.39, 0.29) is 12.3 Å². The van der Waals surface area contributed by atoms with Crippen molar-refractivity contribution in [2.45, 2.75) is 6.42 Å². The molecule has 0 bridgehead atoms. The Labute approximate surface area is 123 Å². The maximum Gasteiger partial charge on any atom is 0.232 e. The van der Waals surface area contributed by atoms with Crippen molar-refractivity contribution in [2.24, 2.45) is 0 Å². The fraction of sp³-hybridized carbons (Fsp3) is 0.0769. The van der Waals surface area contributed by atoms with E-state index >= 15 is 0 Å². The van der Waals surface area contributed by atoms with Crippen LogP contribution in [-0.4, -0.2) is 25.7 Å². The predicted octanol–water partition coefficient (Wildman–Crippen LogP) is 2.04. The third kappa shape index (κ3) is 3.29. The minimum atomic E-state index is -0.586. The summed E-state index contributed by atoms with van der Waals surface area (Å²) in [5.74, 6) is -0.387. The fourth-order valence-electron chi connectivity index (χ4n) is 1.73. The topological polar surface area (TPSA) is 72.7 Å². The molecule has 3 heterocycles. The second-order valence-corrected chi connectivity index (χ2v) is 5.11. The zero-order chi connectivity index (χ0) is 14.7. The molecule has 0 fully saturated rings. The molecule has 0 saturated carbocycles. The summed E-state index contributed by atoms with van der Waals surface area (Å²) in [6.45, 7) is 0. The SMILES string of the molecule is O=C(Cc1nccs1)Nc1ccn(-c2ccnc(F)c2)n1. The minimum Gasteiger partial charge on any atom is -0.309 e. The molecule has 6 nitrogen and oxygen atoms in total. The molecule has 3 aromatic heterocycles. The molecule has 0 radical (unpaired) electrons. The van der Waals surface area contributed by atoms with Crippen LogP contribution < -0.4 is 5.32 Å². The Kier molecular flexibility index (Phi) is 3.69. The van der Waals surface area contributed by atoms with Gasteiger partial charge in [0.1, 0.15) is 5.01 Å². The van der Waals surface area contributed by atoms with Crippen molar-refractivity contribution in [1.82, 2.24) is 19.7 Å². The number of halogens is 1. The molecular weight excluding hydrogens is 293 g/mol. The highest BCUT2D eigenvalue weighted by Gasteiger charge is 2.08. The van der Waals surface area contributed by atoms with Gasteiger partial charge in [0.05, 0.1) is 12.1 Å². The van der Waals surface area contributed by atoms with Crippen LogP contribution in [0.1, 0.15) is 5.01 Å². The third-order valence-corrected chi connectivity index (χ3v) is 3.41. The van der Waals surface area contributed by atoms with Crippen molar-refractivity contribution < 1.29 is 9.18 Å². The summed E-state index contributed by atoms with van der Waals surface area (Å²) in [6, 6.07) is 4.52. The molecule has 0 saturated heterocycles. The van der Waals surface area contributed by atoms with E-state index in [4.69, 9.17) is 0 Å². The van der Waals surface area contributed by atoms with E-state index < -0.39 is 5.95 Å². The van der Waals surface area contributed by atoms with Gasteiger partial charge in [-0.2, -0.15) is 9.49 Å². The van der Waals surface area contributed by atoms with Crippen LogP contribution in [0.5, 0.6) is 0 Å². The van der Waals surface area contributed by atoms with E-state index in [9.17, 15) is 9.18 Å². The van der Waals surface area contributed by atoms with E-state index in [1.165, 1.54) is 28.3 Å². The Morgan fingerprint density at radius 3 is 3.00 bits per heavy atom. The summed E-state index contributed by atoms with van der Waals surface area (Å²) in [5, 5.41) is 9.39. The van der Waals surface area contributed by atoms with Crippen LogP contribution in [0.25, 0.3) is 5.69 Å². The molecule has 0 atom stereocenters. The Balaban J connectivity index is 1.69. The molecule has 0 aromatic carbocycles. The number of nitrogens with one attached hydrogen (secondary N) is 1. The van der Waals surface area contributed by atoms with Gasteiger partial charge in [0.15, 0.2) is 5.82 Å². The highest BCUT2D eigenvalue weighted by molar-refractivity contribution is 7.09. The number of pyridine rings is 1. The van der Waals surface area contributed by atoms with Gasteiger partial charge in [-0.25, -0.2) is 14.6 Å². The standard InChI is InChI=1S/C13H10FN5OS/c14-10-7-9(1-3-15-10)19-5-2-11(18-19)17-12(20)8-13-16-4-6-21-13/h1-7H,8H2,(H,17,18,20). The number of carbonyl (C=O) groups is 1. The van der Waals surface area contributed by atoms with Gasteiger partial charge in [0.2, 0.25) is 11.9 Å². The Morgan fingerprint density at radius 1 is 1.33 bits per heavy atom. The van der Waals surface area contributed by atoms with E-state index in [1.54, 1.807) is 24.5 Å². The lowest BCUT2D eigenvalue weighted by molar-refractivity contribution is -0.115. The van der Waals surface area contributed by atoms with Gasteiger partial charge < -0.3 is 5.32 Å². The zero-order valence-electron chi connectivity index (χ0n) is 10.7. The maximum atomic E-state index is 13.1. The zero-order valence-corrected chi connectivity index (χ0v) is 11.5. The summed E-state index contributed by atoms with van der Waals surface area (Å²) < 4.78 is 14.5. The van der Waals surface area contributed by atoms with Gasteiger partial charge in [-0.15, -0.1) is 11.3 Å². The lowest BCUT2D eigenvalue weighted by Gasteiger charge is -2.01. The van der Waals surface area contributed by atoms with Crippen molar-refractivity contribution in [3.05, 3.63) is 53.1 Å². The molecule has 3 rings (SSSR count). The van der Waals surface area contributed by atoms with Crippen LogP contribution in [0.15, 0.2) is 42.2 Å². The fourth-order valence-corrected chi connectivity index (χ4v) is 2.35. The Bertz CT molecular complexity index is 756. The number of rotatable bonds is 4. The summed E-state index contributed by atoms with van der Waals surface area (Å²) in [5.41, 5.74) is 0.530. The molecule has 0 aliphatic heterocycles. The molecule has 3 aromatic rings. The van der Waals surface area contributed by atoms with Crippen LogP contribution in [0.4, 0.5) is 10.2 Å². The smallest absolute Gasteiger partial charge is 0.232 e. The summed E-state index contributed by atoms with van der Waals surface area (Å²) in [4.78, 5) is 19.3. The van der Waals surface area contributed by atoms with Crippen molar-refractivity contribution in [3.63, 3.8) is 0 Å². The lowest BCUT2D eigenvalue weighted by Crippen LogP contribution is -2.14. The number of amides is 1. The number of hydrogen-bond donors (Lipinski definition) is 1. The van der Waals surface area contributed by atoms with Gasteiger partial charge in [-0.1, -0.05) is 0 Å². The second kappa shape index (κ2) is 5.80. The minimum absolute atomic E-state index is 0.198. The van der Waals surface area contributed by atoms with Crippen molar-refractivity contribution in [2.75, 3.05) is 5.32 Å². The normalized spacial score (nSPS) is 10.5. The van der Waals surface area contributed by atoms with Crippen molar-refractivity contribution in [3.8, 4) is 5.69 Å². The molecule has 1 N–H and O–H groups in total. The van der Waals surface area contributed by atoms with Gasteiger partial charge in [0, 0.05) is 36.1 Å². The molecule has 0 spiro atoms. The van der Waals surface area contributed by atoms with Crippen LogP contribution >= 0.6 is 11.3 Å². The van der Waals surface area contributed by atoms with Gasteiger partial charge in [-0.05, 0) is 6.07 Å².